The molecule has 0 spiro atoms. The van der Waals surface area contributed by atoms with Crippen LogP contribution in [0.15, 0.2) is 36.8 Å². The molecule has 0 radical (unpaired) electrons. The standard InChI is InChI=1S/C13H11N3O4/c1-8(17)20-16-13(19)12-11(18)5-10(7-15-12)9-3-2-4-14-6-9/h2-7,18H,1H3,(H,16,19). The molecule has 2 aromatic heterocycles. The molecule has 7 heteroatoms. The molecule has 2 heterocycles. The van der Waals surface area contributed by atoms with Crippen molar-refractivity contribution < 1.29 is 19.5 Å². The zero-order valence-electron chi connectivity index (χ0n) is 10.5. The summed E-state index contributed by atoms with van der Waals surface area (Å²) in [5, 5.41) is 9.80. The van der Waals surface area contributed by atoms with Crippen molar-refractivity contribution in [1.82, 2.24) is 15.4 Å². The van der Waals surface area contributed by atoms with Crippen LogP contribution in [-0.4, -0.2) is 27.0 Å². The summed E-state index contributed by atoms with van der Waals surface area (Å²) >= 11 is 0. The molecule has 102 valence electrons. The Hall–Kier alpha value is -2.96. The summed E-state index contributed by atoms with van der Waals surface area (Å²) in [6.45, 7) is 1.14. The van der Waals surface area contributed by atoms with E-state index in [1.807, 2.05) is 5.48 Å². The molecule has 0 saturated heterocycles. The molecule has 2 N–H and O–H groups in total. The Morgan fingerprint density at radius 2 is 2.10 bits per heavy atom. The summed E-state index contributed by atoms with van der Waals surface area (Å²) in [4.78, 5) is 34.3. The molecule has 0 aromatic carbocycles. The van der Waals surface area contributed by atoms with Crippen molar-refractivity contribution in [2.45, 2.75) is 6.92 Å². The van der Waals surface area contributed by atoms with Crippen molar-refractivity contribution in [2.24, 2.45) is 0 Å². The molecule has 0 bridgehead atoms. The van der Waals surface area contributed by atoms with Gasteiger partial charge in [0, 0.05) is 36.6 Å². The van der Waals surface area contributed by atoms with Crippen LogP contribution in [0, 0.1) is 0 Å². The van der Waals surface area contributed by atoms with Crippen LogP contribution in [0.4, 0.5) is 0 Å². The lowest BCUT2D eigenvalue weighted by molar-refractivity contribution is -0.146. The second-order valence-electron chi connectivity index (χ2n) is 3.86. The highest BCUT2D eigenvalue weighted by atomic mass is 16.7. The van der Waals surface area contributed by atoms with Gasteiger partial charge in [-0.2, -0.15) is 5.48 Å². The quantitative estimate of drug-likeness (QED) is 0.793. The fourth-order valence-corrected chi connectivity index (χ4v) is 1.49. The van der Waals surface area contributed by atoms with E-state index in [1.165, 1.54) is 12.3 Å². The average molecular weight is 273 g/mol. The van der Waals surface area contributed by atoms with E-state index in [-0.39, 0.29) is 11.4 Å². The number of nitrogens with one attached hydrogen (secondary N) is 1. The predicted octanol–water partition coefficient (Wildman–Crippen LogP) is 1.06. The van der Waals surface area contributed by atoms with E-state index in [0.717, 1.165) is 12.5 Å². The molecule has 7 nitrogen and oxygen atoms in total. The Bertz CT molecular complexity index is 643. The highest BCUT2D eigenvalue weighted by Crippen LogP contribution is 2.23. The number of pyridine rings is 2. The van der Waals surface area contributed by atoms with Crippen LogP contribution < -0.4 is 5.48 Å². The molecule has 0 atom stereocenters. The summed E-state index contributed by atoms with van der Waals surface area (Å²) in [6.07, 6.45) is 4.65. The largest absolute Gasteiger partial charge is 0.505 e. The maximum atomic E-state index is 11.6. The smallest absolute Gasteiger partial charge is 0.329 e. The van der Waals surface area contributed by atoms with Crippen molar-refractivity contribution >= 4 is 11.9 Å². The van der Waals surface area contributed by atoms with E-state index in [4.69, 9.17) is 0 Å². The minimum absolute atomic E-state index is 0.237. The third kappa shape index (κ3) is 3.08. The van der Waals surface area contributed by atoms with Gasteiger partial charge in [0.2, 0.25) is 0 Å². The molecular formula is C13H11N3O4. The molecular weight excluding hydrogens is 262 g/mol. The van der Waals surface area contributed by atoms with E-state index >= 15 is 0 Å². The second-order valence-corrected chi connectivity index (χ2v) is 3.86. The fourth-order valence-electron chi connectivity index (χ4n) is 1.49. The molecule has 0 saturated carbocycles. The Kier molecular flexibility index (Phi) is 3.90. The minimum atomic E-state index is -0.810. The van der Waals surface area contributed by atoms with Gasteiger partial charge in [0.25, 0.3) is 0 Å². The zero-order valence-corrected chi connectivity index (χ0v) is 10.5. The highest BCUT2D eigenvalue weighted by molar-refractivity contribution is 5.95. The van der Waals surface area contributed by atoms with Crippen LogP contribution in [-0.2, 0) is 9.63 Å². The van der Waals surface area contributed by atoms with Crippen LogP contribution in [0.3, 0.4) is 0 Å². The van der Waals surface area contributed by atoms with Crippen LogP contribution in [0.2, 0.25) is 0 Å². The first-order valence-corrected chi connectivity index (χ1v) is 5.65. The fraction of sp³-hybridized carbons (Fsp3) is 0.0769. The number of amides is 1. The molecule has 20 heavy (non-hydrogen) atoms. The third-order valence-corrected chi connectivity index (χ3v) is 2.36. The normalized spacial score (nSPS) is 9.85. The Morgan fingerprint density at radius 3 is 2.70 bits per heavy atom. The molecule has 0 aliphatic rings. The average Bonchev–Trinajstić information content (AvgIpc) is 2.45. The second kappa shape index (κ2) is 5.79. The number of hydrogen-bond acceptors (Lipinski definition) is 6. The maximum Gasteiger partial charge on any atom is 0.329 e. The predicted molar refractivity (Wildman–Crippen MR) is 68.4 cm³/mol. The van der Waals surface area contributed by atoms with Gasteiger partial charge in [0.1, 0.15) is 5.75 Å². The van der Waals surface area contributed by atoms with E-state index < -0.39 is 11.9 Å². The summed E-state index contributed by atoms with van der Waals surface area (Å²) < 4.78 is 0. The molecule has 2 rings (SSSR count). The summed E-state index contributed by atoms with van der Waals surface area (Å²) in [7, 11) is 0. The van der Waals surface area contributed by atoms with Gasteiger partial charge < -0.3 is 9.94 Å². The third-order valence-electron chi connectivity index (χ3n) is 2.36. The highest BCUT2D eigenvalue weighted by Gasteiger charge is 2.15. The monoisotopic (exact) mass is 273 g/mol. The van der Waals surface area contributed by atoms with Gasteiger partial charge in [-0.1, -0.05) is 6.07 Å². The Morgan fingerprint density at radius 1 is 1.30 bits per heavy atom. The number of hydrogen-bond donors (Lipinski definition) is 2. The number of carbonyl (C=O) groups excluding carboxylic acids is 2. The van der Waals surface area contributed by atoms with Gasteiger partial charge in [-0.15, -0.1) is 0 Å². The van der Waals surface area contributed by atoms with Crippen molar-refractivity contribution in [3.63, 3.8) is 0 Å². The zero-order chi connectivity index (χ0) is 14.5. The van der Waals surface area contributed by atoms with Gasteiger partial charge in [-0.3, -0.25) is 14.6 Å². The Balaban J connectivity index is 2.22. The lowest BCUT2D eigenvalue weighted by atomic mass is 10.1. The minimum Gasteiger partial charge on any atom is -0.505 e. The SMILES string of the molecule is CC(=O)ONC(=O)c1ncc(-c2cccnc2)cc1O. The van der Waals surface area contributed by atoms with Crippen molar-refractivity contribution in [3.05, 3.63) is 42.5 Å². The number of aromatic nitrogens is 2. The first-order valence-electron chi connectivity index (χ1n) is 5.65. The van der Waals surface area contributed by atoms with Crippen LogP contribution in [0.5, 0.6) is 5.75 Å². The number of hydroxylamine groups is 1. The van der Waals surface area contributed by atoms with E-state index in [9.17, 15) is 14.7 Å². The summed E-state index contributed by atoms with van der Waals surface area (Å²) in [5.41, 5.74) is 3.00. The van der Waals surface area contributed by atoms with Gasteiger partial charge in [-0.25, -0.2) is 4.98 Å². The van der Waals surface area contributed by atoms with Gasteiger partial charge in [0.05, 0.1) is 0 Å². The van der Waals surface area contributed by atoms with Crippen molar-refractivity contribution in [3.8, 4) is 16.9 Å². The first kappa shape index (κ1) is 13.5. The van der Waals surface area contributed by atoms with E-state index in [2.05, 4.69) is 14.8 Å². The van der Waals surface area contributed by atoms with Crippen LogP contribution in [0.25, 0.3) is 11.1 Å². The topological polar surface area (TPSA) is 101 Å². The maximum absolute atomic E-state index is 11.6. The number of rotatable bonds is 2. The summed E-state index contributed by atoms with van der Waals surface area (Å²) in [6, 6.07) is 4.92. The molecule has 1 amide bonds. The molecule has 0 aliphatic carbocycles. The number of aromatic hydroxyl groups is 1. The van der Waals surface area contributed by atoms with E-state index in [1.54, 1.807) is 24.5 Å². The first-order chi connectivity index (χ1) is 9.58. The lowest BCUT2D eigenvalue weighted by Crippen LogP contribution is -2.26. The number of carbonyl (C=O) groups is 2. The van der Waals surface area contributed by atoms with Gasteiger partial charge in [-0.05, 0) is 12.1 Å². The Labute approximate surface area is 114 Å². The van der Waals surface area contributed by atoms with Crippen molar-refractivity contribution in [2.75, 3.05) is 0 Å². The molecule has 0 unspecified atom stereocenters. The molecule has 0 fully saturated rings. The molecule has 0 aliphatic heterocycles. The van der Waals surface area contributed by atoms with Crippen LogP contribution >= 0.6 is 0 Å². The van der Waals surface area contributed by atoms with Gasteiger partial charge >= 0.3 is 11.9 Å². The summed E-state index contributed by atoms with van der Waals surface area (Å²) in [5.74, 6) is -1.81. The van der Waals surface area contributed by atoms with Crippen molar-refractivity contribution in [1.29, 1.82) is 0 Å². The van der Waals surface area contributed by atoms with Crippen LogP contribution in [0.1, 0.15) is 17.4 Å². The van der Waals surface area contributed by atoms with Gasteiger partial charge in [0.15, 0.2) is 5.69 Å². The lowest BCUT2D eigenvalue weighted by Gasteiger charge is -2.06. The molecule has 2 aromatic rings. The number of nitrogens with zero attached hydrogens (tertiary/aromatic N) is 2. The van der Waals surface area contributed by atoms with E-state index in [0.29, 0.717) is 5.56 Å².